The van der Waals surface area contributed by atoms with Gasteiger partial charge in [-0.05, 0) is 32.9 Å². The van der Waals surface area contributed by atoms with Crippen molar-refractivity contribution in [1.82, 2.24) is 20.2 Å². The summed E-state index contributed by atoms with van der Waals surface area (Å²) in [4.78, 5) is 4.71. The van der Waals surface area contributed by atoms with Crippen LogP contribution in [0, 0.1) is 6.92 Å². The molecule has 2 N–H and O–H groups in total. The summed E-state index contributed by atoms with van der Waals surface area (Å²) in [5.74, 6) is 1.21. The summed E-state index contributed by atoms with van der Waals surface area (Å²) in [7, 11) is 0. The topological polar surface area (TPSA) is 41.9 Å². The van der Waals surface area contributed by atoms with Crippen molar-refractivity contribution >= 4 is 0 Å². The highest BCUT2D eigenvalue weighted by Gasteiger charge is 2.23. The number of piperidine rings is 1. The fourth-order valence-corrected chi connectivity index (χ4v) is 3.02. The Kier molecular flexibility index (Phi) is 2.69. The van der Waals surface area contributed by atoms with Crippen molar-refractivity contribution in [3.63, 3.8) is 0 Å². The van der Waals surface area contributed by atoms with E-state index in [1.807, 2.05) is 0 Å². The summed E-state index contributed by atoms with van der Waals surface area (Å²) in [6.45, 7) is 6.50. The number of fused-ring (bicyclic) bond motifs is 1. The van der Waals surface area contributed by atoms with Crippen molar-refractivity contribution in [3.8, 4) is 0 Å². The zero-order valence-electron chi connectivity index (χ0n) is 9.92. The zero-order chi connectivity index (χ0) is 11.0. The van der Waals surface area contributed by atoms with E-state index in [4.69, 9.17) is 4.98 Å². The third-order valence-electron chi connectivity index (χ3n) is 3.77. The Morgan fingerprint density at radius 3 is 2.81 bits per heavy atom. The highest BCUT2D eigenvalue weighted by molar-refractivity contribution is 5.21. The van der Waals surface area contributed by atoms with E-state index in [1.54, 1.807) is 0 Å². The van der Waals surface area contributed by atoms with Gasteiger partial charge in [-0.2, -0.15) is 0 Å². The van der Waals surface area contributed by atoms with Crippen molar-refractivity contribution in [2.24, 2.45) is 0 Å². The molecule has 88 valence electrons. The molecule has 0 amide bonds. The van der Waals surface area contributed by atoms with Gasteiger partial charge in [-0.1, -0.05) is 0 Å². The number of aromatic nitrogens is 2. The Balaban J connectivity index is 1.95. The first-order chi connectivity index (χ1) is 7.86. The van der Waals surface area contributed by atoms with Crippen molar-refractivity contribution in [2.45, 2.75) is 38.8 Å². The van der Waals surface area contributed by atoms with E-state index in [1.165, 1.54) is 30.1 Å². The van der Waals surface area contributed by atoms with Crippen molar-refractivity contribution in [1.29, 1.82) is 0 Å². The third-order valence-corrected chi connectivity index (χ3v) is 3.77. The molecule has 3 rings (SSSR count). The summed E-state index contributed by atoms with van der Waals surface area (Å²) < 4.78 is 2.51. The van der Waals surface area contributed by atoms with Crippen LogP contribution in [0.15, 0.2) is 0 Å². The first-order valence-electron chi connectivity index (χ1n) is 6.34. The van der Waals surface area contributed by atoms with Gasteiger partial charge < -0.3 is 15.2 Å². The quantitative estimate of drug-likeness (QED) is 0.734. The van der Waals surface area contributed by atoms with Crippen LogP contribution in [0.2, 0.25) is 0 Å². The fourth-order valence-electron chi connectivity index (χ4n) is 3.02. The minimum atomic E-state index is 0.676. The number of imidazole rings is 1. The molecule has 0 aliphatic carbocycles. The highest BCUT2D eigenvalue weighted by Crippen LogP contribution is 2.26. The lowest BCUT2D eigenvalue weighted by atomic mass is 10.0. The molecule has 2 aliphatic rings. The molecular weight excluding hydrogens is 200 g/mol. The Hall–Kier alpha value is -0.870. The molecular formula is C12H20N4. The smallest absolute Gasteiger partial charge is 0.106 e. The molecule has 1 fully saturated rings. The Bertz CT molecular complexity index is 377. The normalized spacial score (nSPS) is 22.1. The van der Waals surface area contributed by atoms with Crippen molar-refractivity contribution in [2.75, 3.05) is 19.6 Å². The number of aryl methyl sites for hydroxylation is 1. The molecule has 4 nitrogen and oxygen atoms in total. The fraction of sp³-hybridized carbons (Fsp3) is 0.750. The molecule has 1 aromatic rings. The van der Waals surface area contributed by atoms with E-state index >= 15 is 0 Å². The molecule has 0 unspecified atom stereocenters. The van der Waals surface area contributed by atoms with Crippen LogP contribution in [0.5, 0.6) is 0 Å². The predicted octanol–water partition coefficient (Wildman–Crippen LogP) is 0.762. The van der Waals surface area contributed by atoms with Crippen LogP contribution in [-0.4, -0.2) is 29.2 Å². The predicted molar refractivity (Wildman–Crippen MR) is 63.5 cm³/mol. The van der Waals surface area contributed by atoms with Crippen LogP contribution in [0.3, 0.4) is 0 Å². The van der Waals surface area contributed by atoms with E-state index in [0.717, 1.165) is 32.6 Å². The minimum Gasteiger partial charge on any atom is -0.329 e. The Labute approximate surface area is 96.4 Å². The molecule has 0 bridgehead atoms. The average Bonchev–Trinajstić information content (AvgIpc) is 2.66. The zero-order valence-corrected chi connectivity index (χ0v) is 9.92. The summed E-state index contributed by atoms with van der Waals surface area (Å²) >= 11 is 0. The molecule has 1 aromatic heterocycles. The van der Waals surface area contributed by atoms with Gasteiger partial charge in [-0.3, -0.25) is 0 Å². The molecule has 0 spiro atoms. The molecule has 4 heteroatoms. The molecule has 16 heavy (non-hydrogen) atoms. The number of hydrogen-bond acceptors (Lipinski definition) is 3. The van der Waals surface area contributed by atoms with E-state index < -0.39 is 0 Å². The number of rotatable bonds is 1. The minimum absolute atomic E-state index is 0.676. The van der Waals surface area contributed by atoms with E-state index in [0.29, 0.717) is 6.04 Å². The SMILES string of the molecule is Cc1nc2c(n1C1CCNCC1)CCNC2. The maximum absolute atomic E-state index is 4.71. The summed E-state index contributed by atoms with van der Waals surface area (Å²) in [5.41, 5.74) is 2.77. The monoisotopic (exact) mass is 220 g/mol. The van der Waals surface area contributed by atoms with Crippen molar-refractivity contribution < 1.29 is 0 Å². The molecule has 0 atom stereocenters. The summed E-state index contributed by atoms with van der Waals surface area (Å²) in [5, 5.41) is 6.83. The number of nitrogens with zero attached hydrogens (tertiary/aromatic N) is 2. The van der Waals surface area contributed by atoms with Gasteiger partial charge in [0.05, 0.1) is 5.69 Å². The van der Waals surface area contributed by atoms with Gasteiger partial charge in [0, 0.05) is 31.2 Å². The van der Waals surface area contributed by atoms with Crippen LogP contribution in [0.1, 0.15) is 36.1 Å². The average molecular weight is 220 g/mol. The Morgan fingerprint density at radius 1 is 1.19 bits per heavy atom. The van der Waals surface area contributed by atoms with Gasteiger partial charge >= 0.3 is 0 Å². The standard InChI is InChI=1S/C12H20N4/c1-9-15-11-8-14-7-4-12(11)16(9)10-2-5-13-6-3-10/h10,13-14H,2-8H2,1H3. The lowest BCUT2D eigenvalue weighted by molar-refractivity contribution is 0.354. The van der Waals surface area contributed by atoms with Crippen LogP contribution in [0.4, 0.5) is 0 Å². The van der Waals surface area contributed by atoms with E-state index in [2.05, 4.69) is 22.1 Å². The van der Waals surface area contributed by atoms with Gasteiger partial charge in [0.15, 0.2) is 0 Å². The first-order valence-corrected chi connectivity index (χ1v) is 6.34. The third kappa shape index (κ3) is 1.66. The lowest BCUT2D eigenvalue weighted by Gasteiger charge is -2.28. The highest BCUT2D eigenvalue weighted by atomic mass is 15.1. The van der Waals surface area contributed by atoms with Gasteiger partial charge in [0.1, 0.15) is 5.82 Å². The second-order valence-electron chi connectivity index (χ2n) is 4.83. The molecule has 1 saturated heterocycles. The molecule has 2 aliphatic heterocycles. The number of hydrogen-bond donors (Lipinski definition) is 2. The maximum atomic E-state index is 4.71. The molecule has 3 heterocycles. The van der Waals surface area contributed by atoms with Crippen LogP contribution in [-0.2, 0) is 13.0 Å². The van der Waals surface area contributed by atoms with Crippen LogP contribution < -0.4 is 10.6 Å². The molecule has 0 aromatic carbocycles. The molecule has 0 radical (unpaired) electrons. The maximum Gasteiger partial charge on any atom is 0.106 e. The number of nitrogens with one attached hydrogen (secondary N) is 2. The summed E-state index contributed by atoms with van der Waals surface area (Å²) in [6.07, 6.45) is 3.63. The second kappa shape index (κ2) is 4.18. The Morgan fingerprint density at radius 2 is 2.00 bits per heavy atom. The van der Waals surface area contributed by atoms with Gasteiger partial charge in [0.25, 0.3) is 0 Å². The van der Waals surface area contributed by atoms with Crippen molar-refractivity contribution in [3.05, 3.63) is 17.2 Å². The van der Waals surface area contributed by atoms with E-state index in [-0.39, 0.29) is 0 Å². The van der Waals surface area contributed by atoms with Crippen LogP contribution in [0.25, 0.3) is 0 Å². The van der Waals surface area contributed by atoms with Gasteiger partial charge in [-0.15, -0.1) is 0 Å². The second-order valence-corrected chi connectivity index (χ2v) is 4.83. The van der Waals surface area contributed by atoms with Crippen LogP contribution >= 0.6 is 0 Å². The first kappa shape index (κ1) is 10.3. The van der Waals surface area contributed by atoms with E-state index in [9.17, 15) is 0 Å². The lowest BCUT2D eigenvalue weighted by Crippen LogP contribution is -2.32. The van der Waals surface area contributed by atoms with Gasteiger partial charge in [0.2, 0.25) is 0 Å². The molecule has 0 saturated carbocycles. The largest absolute Gasteiger partial charge is 0.329 e. The summed E-state index contributed by atoms with van der Waals surface area (Å²) in [6, 6.07) is 0.676. The van der Waals surface area contributed by atoms with Gasteiger partial charge in [-0.25, -0.2) is 4.98 Å².